The third kappa shape index (κ3) is 4.41. The normalized spacial score (nSPS) is 15.3. The van der Waals surface area contributed by atoms with Crippen LogP contribution >= 0.6 is 23.2 Å². The molecule has 2 aromatic heterocycles. The van der Waals surface area contributed by atoms with Gasteiger partial charge >= 0.3 is 0 Å². The first-order valence-electron chi connectivity index (χ1n) is 12.0. The molecule has 8 nitrogen and oxygen atoms in total. The molecule has 4 aromatic rings. The van der Waals surface area contributed by atoms with Gasteiger partial charge in [-0.3, -0.25) is 25.2 Å². The highest BCUT2D eigenvalue weighted by Gasteiger charge is 2.26. The summed E-state index contributed by atoms with van der Waals surface area (Å²) in [6.07, 6.45) is 4.82. The number of rotatable bonds is 4. The molecule has 0 spiro atoms. The fourth-order valence-electron chi connectivity index (χ4n) is 4.80. The molecular formula is C27H23Cl2N5O3. The molecule has 1 N–H and O–H groups in total. The number of nitrogens with one attached hydrogen (secondary N) is 1. The average molecular weight is 536 g/mol. The number of benzene rings is 2. The number of hydrogen-bond donors (Lipinski definition) is 1. The lowest BCUT2D eigenvalue weighted by molar-refractivity contribution is 0.0943. The molecule has 0 atom stereocenters. The summed E-state index contributed by atoms with van der Waals surface area (Å²) in [5.74, 6) is 0.483. The number of hydrogen-bond acceptors (Lipinski definition) is 7. The maximum Gasteiger partial charge on any atom is 0.273 e. The van der Waals surface area contributed by atoms with Crippen molar-refractivity contribution in [2.45, 2.75) is 0 Å². The highest BCUT2D eigenvalue weighted by Crippen LogP contribution is 2.39. The first-order chi connectivity index (χ1) is 18.1. The van der Waals surface area contributed by atoms with E-state index in [1.807, 2.05) is 47.5 Å². The van der Waals surface area contributed by atoms with Crippen LogP contribution in [0.25, 0.3) is 22.0 Å². The van der Waals surface area contributed by atoms with Crippen molar-refractivity contribution in [1.82, 2.24) is 15.4 Å². The van der Waals surface area contributed by atoms with Gasteiger partial charge in [-0.25, -0.2) is 0 Å². The highest BCUT2D eigenvalue weighted by atomic mass is 35.5. The fraction of sp³-hybridized carbons (Fsp3) is 0.222. The van der Waals surface area contributed by atoms with Gasteiger partial charge in [0.1, 0.15) is 12.4 Å². The number of morpholine rings is 1. The summed E-state index contributed by atoms with van der Waals surface area (Å²) in [5, 5.41) is 3.44. The monoisotopic (exact) mass is 535 g/mol. The number of amides is 1. The summed E-state index contributed by atoms with van der Waals surface area (Å²) in [6, 6.07) is 13.5. The molecule has 188 valence electrons. The largest absolute Gasteiger partial charge is 0.489 e. The second kappa shape index (κ2) is 10.0. The average Bonchev–Trinajstić information content (AvgIpc) is 2.94. The van der Waals surface area contributed by atoms with E-state index in [9.17, 15) is 4.79 Å². The van der Waals surface area contributed by atoms with Crippen LogP contribution in [-0.4, -0.2) is 55.3 Å². The summed E-state index contributed by atoms with van der Waals surface area (Å²) in [6.45, 7) is 3.46. The van der Waals surface area contributed by atoms with E-state index in [0.29, 0.717) is 66.1 Å². The van der Waals surface area contributed by atoms with Gasteiger partial charge in [-0.2, -0.15) is 0 Å². The maximum atomic E-state index is 13.7. The standard InChI is InChI=1S/C27H23Cl2N5O3/c28-21-16-30-14-19(24(21)29)17-4-3-5-18-25(17)31-15-20(26(18)33-8-11-36-12-9-33)27(35)32-34-10-13-37-23-7-2-1-6-22(23)34/h1-7,14-16H,8-13H2,(H,32,35). The number of nitrogens with zero attached hydrogens (tertiary/aromatic N) is 4. The van der Waals surface area contributed by atoms with E-state index in [1.165, 1.54) is 6.20 Å². The second-order valence-corrected chi connectivity index (χ2v) is 9.50. The number of pyridine rings is 2. The molecule has 4 heterocycles. The summed E-state index contributed by atoms with van der Waals surface area (Å²) in [4.78, 5) is 24.9. The predicted octanol–water partition coefficient (Wildman–Crippen LogP) is 4.98. The van der Waals surface area contributed by atoms with Gasteiger partial charge in [0.25, 0.3) is 5.91 Å². The van der Waals surface area contributed by atoms with Crippen molar-refractivity contribution in [3.8, 4) is 16.9 Å². The molecule has 37 heavy (non-hydrogen) atoms. The van der Waals surface area contributed by atoms with Crippen molar-refractivity contribution < 1.29 is 14.3 Å². The van der Waals surface area contributed by atoms with Gasteiger partial charge in [0.2, 0.25) is 0 Å². The first-order valence-corrected chi connectivity index (χ1v) is 12.7. The van der Waals surface area contributed by atoms with Gasteiger partial charge < -0.3 is 14.4 Å². The molecule has 6 rings (SSSR count). The molecule has 0 saturated carbocycles. The number of hydrazine groups is 1. The molecule has 1 saturated heterocycles. The molecule has 2 aromatic carbocycles. The summed E-state index contributed by atoms with van der Waals surface area (Å²) >= 11 is 12.8. The van der Waals surface area contributed by atoms with E-state index in [2.05, 4.69) is 15.3 Å². The number of ether oxygens (including phenoxy) is 2. The second-order valence-electron chi connectivity index (χ2n) is 8.71. The van der Waals surface area contributed by atoms with E-state index in [4.69, 9.17) is 37.7 Å². The Kier molecular flexibility index (Phi) is 6.46. The number of aromatic nitrogens is 2. The molecule has 2 aliphatic rings. The SMILES string of the molecule is O=C(NN1CCOc2ccccc21)c1cnc2c(-c3cncc(Cl)c3Cl)cccc2c1N1CCOCC1. The minimum atomic E-state index is -0.250. The van der Waals surface area contributed by atoms with Crippen LogP contribution in [0.2, 0.25) is 10.0 Å². The van der Waals surface area contributed by atoms with Gasteiger partial charge in [0, 0.05) is 48.2 Å². The Balaban J connectivity index is 1.46. The van der Waals surface area contributed by atoms with Gasteiger partial charge in [0.05, 0.1) is 52.3 Å². The molecular weight excluding hydrogens is 513 g/mol. The Hall–Kier alpha value is -3.59. The topological polar surface area (TPSA) is 79.8 Å². The number of fused-ring (bicyclic) bond motifs is 2. The minimum Gasteiger partial charge on any atom is -0.489 e. The Morgan fingerprint density at radius 3 is 2.62 bits per heavy atom. The van der Waals surface area contributed by atoms with E-state index >= 15 is 0 Å². The molecule has 0 aliphatic carbocycles. The van der Waals surface area contributed by atoms with Gasteiger partial charge in [0.15, 0.2) is 0 Å². The zero-order valence-electron chi connectivity index (χ0n) is 19.8. The highest BCUT2D eigenvalue weighted by molar-refractivity contribution is 6.43. The van der Waals surface area contributed by atoms with Crippen LogP contribution in [0.3, 0.4) is 0 Å². The Morgan fingerprint density at radius 2 is 1.76 bits per heavy atom. The van der Waals surface area contributed by atoms with Gasteiger partial charge in [-0.1, -0.05) is 53.5 Å². The number of carbonyl (C=O) groups excluding carboxylic acids is 1. The summed E-state index contributed by atoms with van der Waals surface area (Å²) < 4.78 is 11.3. The maximum absolute atomic E-state index is 13.7. The van der Waals surface area contributed by atoms with E-state index in [0.717, 1.165) is 28.1 Å². The molecule has 0 unspecified atom stereocenters. The molecule has 0 bridgehead atoms. The Bertz CT molecular complexity index is 1490. The first kappa shape index (κ1) is 23.8. The van der Waals surface area contributed by atoms with E-state index < -0.39 is 0 Å². The van der Waals surface area contributed by atoms with Crippen molar-refractivity contribution in [2.24, 2.45) is 0 Å². The van der Waals surface area contributed by atoms with Crippen molar-refractivity contribution in [2.75, 3.05) is 49.4 Å². The molecule has 10 heteroatoms. The van der Waals surface area contributed by atoms with Crippen LogP contribution in [0.5, 0.6) is 5.75 Å². The van der Waals surface area contributed by atoms with Crippen molar-refractivity contribution in [3.05, 3.63) is 76.7 Å². The molecule has 1 fully saturated rings. The van der Waals surface area contributed by atoms with E-state index in [-0.39, 0.29) is 5.91 Å². The Labute approximate surface area is 223 Å². The van der Waals surface area contributed by atoms with E-state index in [1.54, 1.807) is 12.4 Å². The quantitative estimate of drug-likeness (QED) is 0.394. The van der Waals surface area contributed by atoms with Crippen LogP contribution in [-0.2, 0) is 4.74 Å². The minimum absolute atomic E-state index is 0.250. The number of anilines is 2. The van der Waals surface area contributed by atoms with Crippen LogP contribution in [0.15, 0.2) is 61.1 Å². The van der Waals surface area contributed by atoms with Gasteiger partial charge in [-0.15, -0.1) is 0 Å². The Morgan fingerprint density at radius 1 is 0.919 bits per heavy atom. The number of carbonyl (C=O) groups is 1. The number of halogens is 2. The summed E-state index contributed by atoms with van der Waals surface area (Å²) in [7, 11) is 0. The van der Waals surface area contributed by atoms with Gasteiger partial charge in [-0.05, 0) is 12.1 Å². The summed E-state index contributed by atoms with van der Waals surface area (Å²) in [5.41, 5.74) is 7.35. The molecule has 0 radical (unpaired) electrons. The molecule has 1 amide bonds. The lowest BCUT2D eigenvalue weighted by atomic mass is 10.00. The van der Waals surface area contributed by atoms with Crippen LogP contribution in [0.4, 0.5) is 11.4 Å². The fourth-order valence-corrected chi connectivity index (χ4v) is 5.15. The van der Waals surface area contributed by atoms with Crippen LogP contribution in [0.1, 0.15) is 10.4 Å². The van der Waals surface area contributed by atoms with Crippen molar-refractivity contribution >= 4 is 51.4 Å². The van der Waals surface area contributed by atoms with Crippen molar-refractivity contribution in [3.63, 3.8) is 0 Å². The van der Waals surface area contributed by atoms with Crippen LogP contribution in [0, 0.1) is 0 Å². The number of para-hydroxylation sites is 3. The lowest BCUT2D eigenvalue weighted by Gasteiger charge is -2.33. The van der Waals surface area contributed by atoms with Crippen molar-refractivity contribution in [1.29, 1.82) is 0 Å². The third-order valence-electron chi connectivity index (χ3n) is 6.53. The smallest absolute Gasteiger partial charge is 0.273 e. The third-order valence-corrected chi connectivity index (χ3v) is 7.32. The lowest BCUT2D eigenvalue weighted by Crippen LogP contribution is -2.47. The zero-order chi connectivity index (χ0) is 25.4. The molecule has 2 aliphatic heterocycles. The zero-order valence-corrected chi connectivity index (χ0v) is 21.3. The predicted molar refractivity (Wildman–Crippen MR) is 145 cm³/mol. The van der Waals surface area contributed by atoms with Crippen LogP contribution < -0.4 is 20.1 Å².